The van der Waals surface area contributed by atoms with E-state index in [-0.39, 0.29) is 0 Å². The molecule has 1 heterocycles. The van der Waals surface area contributed by atoms with Crippen LogP contribution in [0.15, 0.2) is 285 Å². The average Bonchev–Trinajstić information content (AvgIpc) is 3.97. The Labute approximate surface area is 433 Å². The highest BCUT2D eigenvalue weighted by molar-refractivity contribution is 6.09. The third kappa shape index (κ3) is 7.17. The lowest BCUT2D eigenvalue weighted by Crippen LogP contribution is -2.31. The molecule has 1 aromatic heterocycles. The molecule has 2 aliphatic carbocycles. The highest BCUT2D eigenvalue weighted by Gasteiger charge is 2.47. The van der Waals surface area contributed by atoms with Crippen molar-refractivity contribution in [1.82, 2.24) is 4.57 Å². The lowest BCUT2D eigenvalue weighted by Gasteiger charge is -2.38. The van der Waals surface area contributed by atoms with Crippen LogP contribution in [0.1, 0.15) is 30.0 Å². The molecule has 0 spiro atoms. The van der Waals surface area contributed by atoms with Gasteiger partial charge < -0.3 is 9.47 Å². The summed E-state index contributed by atoms with van der Waals surface area (Å²) in [5.41, 5.74) is 21.6. The molecule has 0 N–H and O–H groups in total. The minimum atomic E-state index is -0.399. The van der Waals surface area contributed by atoms with Gasteiger partial charge in [-0.05, 0) is 157 Å². The van der Waals surface area contributed by atoms with E-state index in [9.17, 15) is 0 Å². The summed E-state index contributed by atoms with van der Waals surface area (Å²) in [6.07, 6.45) is 8.01. The maximum Gasteiger partial charge on any atom is 0.0676 e. The van der Waals surface area contributed by atoms with Crippen LogP contribution in [-0.4, -0.2) is 4.57 Å². The van der Waals surface area contributed by atoms with Crippen LogP contribution in [0.2, 0.25) is 0 Å². The van der Waals surface area contributed by atoms with Crippen LogP contribution in [0.5, 0.6) is 0 Å². The lowest BCUT2D eigenvalue weighted by molar-refractivity contribution is 0.615. The second-order valence-electron chi connectivity index (χ2n) is 20.1. The maximum atomic E-state index is 2.49. The van der Waals surface area contributed by atoms with E-state index >= 15 is 0 Å². The summed E-state index contributed by atoms with van der Waals surface area (Å²) in [5.74, 6) is 0.455. The highest BCUT2D eigenvalue weighted by atomic mass is 15.1. The first kappa shape index (κ1) is 43.5. The smallest absolute Gasteiger partial charge is 0.0676 e. The van der Waals surface area contributed by atoms with Crippen LogP contribution in [0.4, 0.5) is 17.1 Å². The molecule has 2 heteroatoms. The van der Waals surface area contributed by atoms with Crippen molar-refractivity contribution >= 4 is 49.6 Å². The zero-order chi connectivity index (χ0) is 49.2. The molecule has 2 aliphatic rings. The Morgan fingerprint density at radius 2 is 0.973 bits per heavy atom. The lowest BCUT2D eigenvalue weighted by atomic mass is 9.64. The second kappa shape index (κ2) is 17.8. The van der Waals surface area contributed by atoms with Gasteiger partial charge in [0.25, 0.3) is 0 Å². The number of fused-ring (bicyclic) bond motifs is 7. The van der Waals surface area contributed by atoms with E-state index in [0.29, 0.717) is 5.92 Å². The first-order chi connectivity index (χ1) is 36.6. The van der Waals surface area contributed by atoms with E-state index in [4.69, 9.17) is 0 Å². The molecular formula is C72H52N2. The van der Waals surface area contributed by atoms with Gasteiger partial charge in [-0.3, -0.25) is 0 Å². The van der Waals surface area contributed by atoms with Gasteiger partial charge in [0, 0.05) is 33.5 Å². The van der Waals surface area contributed by atoms with Crippen LogP contribution < -0.4 is 4.90 Å². The van der Waals surface area contributed by atoms with Gasteiger partial charge in [-0.1, -0.05) is 219 Å². The quantitative estimate of drug-likeness (QED) is 0.140. The molecule has 0 bridgehead atoms. The van der Waals surface area contributed by atoms with E-state index in [0.717, 1.165) is 29.2 Å². The SMILES string of the molecule is CC1C=CC=C(C2(c3ccccc3)c3ccccc3-c3ccc(-c4ccc(N(c5ccc(-c6cccc(-c7ccc8ccccc8c7)c6)cc5)c5cccc(-n6c7ccccc7c7ccccc76)c5)cc4)cc32)C1. The normalized spacial score (nSPS) is 15.8. The minimum absolute atomic E-state index is 0.399. The van der Waals surface area contributed by atoms with Gasteiger partial charge >= 0.3 is 0 Å². The van der Waals surface area contributed by atoms with Crippen molar-refractivity contribution in [2.75, 3.05) is 4.90 Å². The van der Waals surface area contributed by atoms with Crippen molar-refractivity contribution in [2.45, 2.75) is 18.8 Å². The van der Waals surface area contributed by atoms with Crippen molar-refractivity contribution in [3.05, 3.63) is 301 Å². The molecule has 74 heavy (non-hydrogen) atoms. The van der Waals surface area contributed by atoms with E-state index in [2.05, 4.69) is 295 Å². The fourth-order valence-corrected chi connectivity index (χ4v) is 12.4. The number of allylic oxidation sites excluding steroid dienone is 4. The third-order valence-electron chi connectivity index (χ3n) is 15.8. The molecule has 2 unspecified atom stereocenters. The van der Waals surface area contributed by atoms with E-state index < -0.39 is 5.41 Å². The second-order valence-corrected chi connectivity index (χ2v) is 20.1. The molecule has 350 valence electrons. The van der Waals surface area contributed by atoms with Gasteiger partial charge in [0.2, 0.25) is 0 Å². The summed E-state index contributed by atoms with van der Waals surface area (Å²) in [6, 6.07) is 96.5. The molecule has 0 saturated carbocycles. The van der Waals surface area contributed by atoms with Crippen LogP contribution in [0.25, 0.3) is 82.8 Å². The Bertz CT molecular complexity index is 4120. The van der Waals surface area contributed by atoms with Gasteiger partial charge in [-0.2, -0.15) is 0 Å². The summed E-state index contributed by atoms with van der Waals surface area (Å²) in [7, 11) is 0. The molecule has 0 radical (unpaired) electrons. The molecule has 0 fully saturated rings. The summed E-state index contributed by atoms with van der Waals surface area (Å²) in [5, 5.41) is 5.00. The highest BCUT2D eigenvalue weighted by Crippen LogP contribution is 2.58. The van der Waals surface area contributed by atoms with Crippen LogP contribution in [0, 0.1) is 5.92 Å². The summed E-state index contributed by atoms with van der Waals surface area (Å²) >= 11 is 0. The zero-order valence-corrected chi connectivity index (χ0v) is 41.2. The molecule has 0 aliphatic heterocycles. The molecule has 2 nitrogen and oxygen atoms in total. The Balaban J connectivity index is 0.877. The van der Waals surface area contributed by atoms with E-state index in [1.165, 1.54) is 99.3 Å². The Morgan fingerprint density at radius 3 is 1.70 bits per heavy atom. The number of rotatable bonds is 9. The molecule has 12 aromatic rings. The topological polar surface area (TPSA) is 8.17 Å². The fraction of sp³-hybridized carbons (Fsp3) is 0.0556. The minimum Gasteiger partial charge on any atom is -0.310 e. The number of benzene rings is 11. The van der Waals surface area contributed by atoms with E-state index in [1.54, 1.807) is 0 Å². The van der Waals surface area contributed by atoms with Gasteiger partial charge in [-0.15, -0.1) is 0 Å². The maximum absolute atomic E-state index is 2.49. The number of para-hydroxylation sites is 2. The number of hydrogen-bond donors (Lipinski definition) is 0. The van der Waals surface area contributed by atoms with Gasteiger partial charge in [0.15, 0.2) is 0 Å². The summed E-state index contributed by atoms with van der Waals surface area (Å²) in [6.45, 7) is 2.34. The van der Waals surface area contributed by atoms with Crippen molar-refractivity contribution in [2.24, 2.45) is 5.92 Å². The van der Waals surface area contributed by atoms with Crippen molar-refractivity contribution < 1.29 is 0 Å². The van der Waals surface area contributed by atoms with Crippen LogP contribution in [-0.2, 0) is 5.41 Å². The first-order valence-corrected chi connectivity index (χ1v) is 26.0. The Hall–Kier alpha value is -9.24. The zero-order valence-electron chi connectivity index (χ0n) is 41.2. The summed E-state index contributed by atoms with van der Waals surface area (Å²) < 4.78 is 2.41. The molecule has 11 aromatic carbocycles. The van der Waals surface area contributed by atoms with Crippen molar-refractivity contribution in [1.29, 1.82) is 0 Å². The third-order valence-corrected chi connectivity index (χ3v) is 15.8. The molecule has 2 atom stereocenters. The number of nitrogens with zero attached hydrogens (tertiary/aromatic N) is 2. The average molecular weight is 945 g/mol. The Kier molecular flexibility index (Phi) is 10.5. The van der Waals surface area contributed by atoms with Crippen molar-refractivity contribution in [3.63, 3.8) is 0 Å². The van der Waals surface area contributed by atoms with E-state index in [1.807, 2.05) is 0 Å². The number of anilines is 3. The summed E-state index contributed by atoms with van der Waals surface area (Å²) in [4.78, 5) is 2.40. The van der Waals surface area contributed by atoms with Crippen molar-refractivity contribution in [3.8, 4) is 50.2 Å². The van der Waals surface area contributed by atoms with Crippen LogP contribution in [0.3, 0.4) is 0 Å². The molecular weight excluding hydrogens is 893 g/mol. The number of aromatic nitrogens is 1. The fourth-order valence-electron chi connectivity index (χ4n) is 12.4. The molecule has 14 rings (SSSR count). The first-order valence-electron chi connectivity index (χ1n) is 26.0. The predicted molar refractivity (Wildman–Crippen MR) is 312 cm³/mol. The molecule has 0 amide bonds. The Morgan fingerprint density at radius 1 is 0.405 bits per heavy atom. The van der Waals surface area contributed by atoms with Gasteiger partial charge in [0.1, 0.15) is 0 Å². The standard InChI is InChI=1S/C72H52N2/c1-49-16-13-23-59(44-49)72(58-21-3-2-4-22-58)68-29-10-7-26-64(68)65-43-38-57(47-69(65)72)52-36-41-61(42-37-52)73(62-24-15-25-63(48-62)74-70-30-11-8-27-66(70)67-28-9-12-31-71(67)74)60-39-34-51(35-40-60)54-19-14-20-55(45-54)56-33-32-50-17-5-6-18-53(50)46-56/h2-43,45-49H,44H2,1H3. The number of hydrogen-bond acceptors (Lipinski definition) is 1. The van der Waals surface area contributed by atoms with Gasteiger partial charge in [0.05, 0.1) is 16.4 Å². The monoisotopic (exact) mass is 944 g/mol. The van der Waals surface area contributed by atoms with Gasteiger partial charge in [-0.25, -0.2) is 0 Å². The van der Waals surface area contributed by atoms with Crippen LogP contribution >= 0.6 is 0 Å². The predicted octanol–water partition coefficient (Wildman–Crippen LogP) is 19.2. The molecule has 0 saturated heterocycles. The largest absolute Gasteiger partial charge is 0.310 e.